The number of nitriles is 1. The maximum absolute atomic E-state index is 12.8. The molecule has 3 rings (SSSR count). The van der Waals surface area contributed by atoms with E-state index in [-0.39, 0.29) is 18.1 Å². The Labute approximate surface area is 246 Å². The first kappa shape index (κ1) is 30.2. The number of carbonyl (C=O) groups is 3. The van der Waals surface area contributed by atoms with Crippen LogP contribution in [-0.4, -0.2) is 38.1 Å². The lowest BCUT2D eigenvalue weighted by atomic mass is 10.1. The Kier molecular flexibility index (Phi) is 10.7. The van der Waals surface area contributed by atoms with Crippen LogP contribution in [-0.2, 0) is 14.3 Å². The normalized spacial score (nSPS) is 10.8. The molecule has 0 saturated carbocycles. The smallest absolute Gasteiger partial charge is 0.337 e. The number of benzene rings is 3. The number of ether oxygens (including phenoxy) is 3. The lowest BCUT2D eigenvalue weighted by molar-refractivity contribution is -0.118. The van der Waals surface area contributed by atoms with Crippen LogP contribution in [0.1, 0.15) is 34.0 Å². The third-order valence-electron chi connectivity index (χ3n) is 5.71. The van der Waals surface area contributed by atoms with E-state index in [0.717, 1.165) is 11.1 Å². The van der Waals surface area contributed by atoms with Crippen molar-refractivity contribution >= 4 is 57.8 Å². The lowest BCUT2D eigenvalue weighted by Crippen LogP contribution is -2.20. The van der Waals surface area contributed by atoms with Crippen LogP contribution in [0.2, 0.25) is 0 Å². The summed E-state index contributed by atoms with van der Waals surface area (Å²) in [6, 6.07) is 17.0. The molecule has 0 atom stereocenters. The van der Waals surface area contributed by atoms with E-state index in [1.165, 1.54) is 37.5 Å². The highest BCUT2D eigenvalue weighted by atomic mass is 127. The van der Waals surface area contributed by atoms with Crippen LogP contribution in [0.4, 0.5) is 11.4 Å². The molecule has 0 radical (unpaired) electrons. The number of esters is 1. The van der Waals surface area contributed by atoms with Crippen molar-refractivity contribution in [1.82, 2.24) is 0 Å². The topological polar surface area (TPSA) is 127 Å². The summed E-state index contributed by atoms with van der Waals surface area (Å²) in [6.45, 7) is 5.88. The Bertz CT molecular complexity index is 1490. The summed E-state index contributed by atoms with van der Waals surface area (Å²) in [4.78, 5) is 36.9. The number of aryl methyl sites for hydroxylation is 2. The minimum Gasteiger partial charge on any atom is -0.490 e. The molecule has 0 bridgehead atoms. The van der Waals surface area contributed by atoms with Crippen LogP contribution in [0.25, 0.3) is 6.08 Å². The quantitative estimate of drug-likeness (QED) is 0.125. The van der Waals surface area contributed by atoms with Crippen molar-refractivity contribution in [3.05, 3.63) is 86.0 Å². The van der Waals surface area contributed by atoms with E-state index >= 15 is 0 Å². The van der Waals surface area contributed by atoms with Gasteiger partial charge in [-0.25, -0.2) is 4.79 Å². The van der Waals surface area contributed by atoms with Gasteiger partial charge in [0.2, 0.25) is 0 Å². The van der Waals surface area contributed by atoms with Gasteiger partial charge in [0, 0.05) is 11.4 Å². The highest BCUT2D eigenvalue weighted by molar-refractivity contribution is 14.1. The minimum atomic E-state index is -0.621. The first-order valence-electron chi connectivity index (χ1n) is 12.2. The molecular formula is C30H28IN3O6. The second-order valence-corrected chi connectivity index (χ2v) is 9.75. The number of nitrogens with zero attached hydrogens (tertiary/aromatic N) is 1. The van der Waals surface area contributed by atoms with Crippen LogP contribution in [0.15, 0.2) is 60.2 Å². The van der Waals surface area contributed by atoms with Gasteiger partial charge in [-0.3, -0.25) is 9.59 Å². The number of hydrogen-bond acceptors (Lipinski definition) is 7. The molecule has 3 aromatic carbocycles. The molecule has 40 heavy (non-hydrogen) atoms. The summed E-state index contributed by atoms with van der Waals surface area (Å²) in [7, 11) is 1.28. The zero-order chi connectivity index (χ0) is 29.2. The van der Waals surface area contributed by atoms with Gasteiger partial charge in [-0.1, -0.05) is 6.07 Å². The van der Waals surface area contributed by atoms with Gasteiger partial charge < -0.3 is 24.8 Å². The number of hydrogen-bond donors (Lipinski definition) is 2. The summed E-state index contributed by atoms with van der Waals surface area (Å²) in [5, 5.41) is 15.1. The molecule has 3 aromatic rings. The standard InChI is InChI=1S/C30H28IN3O6/c1-5-39-26-15-20(13-22(16-32)29(36)34-23-10-7-21(8-11-23)30(37)38-4)14-25(31)28(26)40-17-27(35)33-24-9-6-18(2)19(3)12-24/h6-15H,5,17H2,1-4H3,(H,33,35)(H,34,36)/b22-13-. The Hall–Kier alpha value is -4.37. The highest BCUT2D eigenvalue weighted by Gasteiger charge is 2.16. The largest absolute Gasteiger partial charge is 0.490 e. The molecule has 10 heteroatoms. The number of halogens is 1. The second kappa shape index (κ2) is 14.1. The van der Waals surface area contributed by atoms with Crippen molar-refractivity contribution in [1.29, 1.82) is 5.26 Å². The predicted molar refractivity (Wildman–Crippen MR) is 160 cm³/mol. The van der Waals surface area contributed by atoms with Crippen LogP contribution in [0, 0.1) is 28.7 Å². The van der Waals surface area contributed by atoms with Crippen molar-refractivity contribution in [3.63, 3.8) is 0 Å². The summed E-state index contributed by atoms with van der Waals surface area (Å²) in [5.74, 6) is -0.693. The maximum Gasteiger partial charge on any atom is 0.337 e. The van der Waals surface area contributed by atoms with Crippen molar-refractivity contribution in [3.8, 4) is 17.6 Å². The molecule has 0 spiro atoms. The fourth-order valence-corrected chi connectivity index (χ4v) is 4.33. The van der Waals surface area contributed by atoms with E-state index in [1.807, 2.05) is 67.6 Å². The molecule has 0 unspecified atom stereocenters. The van der Waals surface area contributed by atoms with Crippen LogP contribution in [0.3, 0.4) is 0 Å². The molecule has 0 aliphatic heterocycles. The van der Waals surface area contributed by atoms with Gasteiger partial charge in [-0.05, 0) is 115 Å². The second-order valence-electron chi connectivity index (χ2n) is 8.59. The zero-order valence-corrected chi connectivity index (χ0v) is 24.6. The molecule has 0 heterocycles. The average molecular weight is 653 g/mol. The van der Waals surface area contributed by atoms with Crippen LogP contribution >= 0.6 is 22.6 Å². The third kappa shape index (κ3) is 8.07. The monoisotopic (exact) mass is 653 g/mol. The number of methoxy groups -OCH3 is 1. The van der Waals surface area contributed by atoms with Crippen molar-refractivity contribution in [2.75, 3.05) is 31.0 Å². The minimum absolute atomic E-state index is 0.142. The lowest BCUT2D eigenvalue weighted by Gasteiger charge is -2.15. The molecular weight excluding hydrogens is 625 g/mol. The Morgan fingerprint density at radius 1 is 0.950 bits per heavy atom. The van der Waals surface area contributed by atoms with Gasteiger partial charge in [0.05, 0.1) is 22.9 Å². The van der Waals surface area contributed by atoms with E-state index in [4.69, 9.17) is 9.47 Å². The number of amides is 2. The molecule has 0 aliphatic carbocycles. The van der Waals surface area contributed by atoms with Gasteiger partial charge >= 0.3 is 5.97 Å². The van der Waals surface area contributed by atoms with Crippen molar-refractivity contribution in [2.45, 2.75) is 20.8 Å². The van der Waals surface area contributed by atoms with Gasteiger partial charge in [-0.2, -0.15) is 5.26 Å². The number of nitrogens with one attached hydrogen (secondary N) is 2. The highest BCUT2D eigenvalue weighted by Crippen LogP contribution is 2.35. The molecule has 2 N–H and O–H groups in total. The zero-order valence-electron chi connectivity index (χ0n) is 22.5. The van der Waals surface area contributed by atoms with E-state index in [9.17, 15) is 19.6 Å². The first-order chi connectivity index (χ1) is 19.1. The van der Waals surface area contributed by atoms with E-state index in [2.05, 4.69) is 15.4 Å². The van der Waals surface area contributed by atoms with Gasteiger partial charge in [0.15, 0.2) is 18.1 Å². The Balaban J connectivity index is 1.75. The maximum atomic E-state index is 12.8. The fraction of sp³-hybridized carbons (Fsp3) is 0.200. The number of anilines is 2. The van der Waals surface area contributed by atoms with Crippen LogP contribution in [0.5, 0.6) is 11.5 Å². The number of carbonyl (C=O) groups excluding carboxylic acids is 3. The first-order valence-corrected chi connectivity index (χ1v) is 13.3. The Morgan fingerprint density at radius 2 is 1.65 bits per heavy atom. The summed E-state index contributed by atoms with van der Waals surface area (Å²) < 4.78 is 16.8. The van der Waals surface area contributed by atoms with Crippen molar-refractivity contribution in [2.24, 2.45) is 0 Å². The average Bonchev–Trinajstić information content (AvgIpc) is 2.93. The SMILES string of the molecule is CCOc1cc(/C=C(/C#N)C(=O)Nc2ccc(C(=O)OC)cc2)cc(I)c1OCC(=O)Nc1ccc(C)c(C)c1. The molecule has 0 fully saturated rings. The third-order valence-corrected chi connectivity index (χ3v) is 6.51. The summed E-state index contributed by atoms with van der Waals surface area (Å²) in [6.07, 6.45) is 1.43. The van der Waals surface area contributed by atoms with Gasteiger partial charge in [0.25, 0.3) is 11.8 Å². The Morgan fingerprint density at radius 3 is 2.27 bits per heavy atom. The van der Waals surface area contributed by atoms with Crippen molar-refractivity contribution < 1.29 is 28.6 Å². The fourth-order valence-electron chi connectivity index (χ4n) is 3.55. The summed E-state index contributed by atoms with van der Waals surface area (Å²) >= 11 is 2.05. The number of rotatable bonds is 10. The predicted octanol–water partition coefficient (Wildman–Crippen LogP) is 5.66. The molecule has 0 aromatic heterocycles. The summed E-state index contributed by atoms with van der Waals surface area (Å²) in [5.41, 5.74) is 4.01. The van der Waals surface area contributed by atoms with Gasteiger partial charge in [0.1, 0.15) is 11.6 Å². The van der Waals surface area contributed by atoms with E-state index < -0.39 is 11.9 Å². The molecule has 2 amide bonds. The van der Waals surface area contributed by atoms with Crippen LogP contribution < -0.4 is 20.1 Å². The molecule has 206 valence electrons. The van der Waals surface area contributed by atoms with E-state index in [1.54, 1.807) is 12.1 Å². The van der Waals surface area contributed by atoms with E-state index in [0.29, 0.717) is 44.2 Å². The van der Waals surface area contributed by atoms with Gasteiger partial charge in [-0.15, -0.1) is 0 Å². The molecule has 9 nitrogen and oxygen atoms in total. The molecule has 0 saturated heterocycles. The molecule has 0 aliphatic rings.